The highest BCUT2D eigenvalue weighted by atomic mass is 79.9. The zero-order valence-corrected chi connectivity index (χ0v) is 9.78. The summed E-state index contributed by atoms with van der Waals surface area (Å²) in [5, 5.41) is 8.94. The molecule has 0 unspecified atom stereocenters. The maximum atomic E-state index is 11.7. The normalized spacial score (nSPS) is 10.1. The number of carbonyl (C=O) groups is 1. The van der Waals surface area contributed by atoms with E-state index in [1.807, 2.05) is 12.1 Å². The predicted molar refractivity (Wildman–Crippen MR) is 65.1 cm³/mol. The highest BCUT2D eigenvalue weighted by Gasteiger charge is 2.08. The van der Waals surface area contributed by atoms with Crippen LogP contribution in [0.5, 0.6) is 0 Å². The molecule has 0 aliphatic rings. The van der Waals surface area contributed by atoms with Crippen molar-refractivity contribution >= 4 is 33.3 Å². The second-order valence-corrected chi connectivity index (χ2v) is 4.09. The zero-order chi connectivity index (χ0) is 11.5. The van der Waals surface area contributed by atoms with Gasteiger partial charge in [-0.3, -0.25) is 9.89 Å². The van der Waals surface area contributed by atoms with Crippen LogP contribution in [0, 0.1) is 0 Å². The van der Waals surface area contributed by atoms with E-state index in [1.54, 1.807) is 12.1 Å². The summed E-state index contributed by atoms with van der Waals surface area (Å²) in [6.45, 7) is 0. The number of nitrogen functional groups attached to an aromatic ring is 1. The van der Waals surface area contributed by atoms with E-state index in [1.165, 1.54) is 6.07 Å². The Labute approximate surface area is 100 Å². The second kappa shape index (κ2) is 4.36. The Morgan fingerprint density at radius 3 is 2.88 bits per heavy atom. The number of carbonyl (C=O) groups excluding carboxylic acids is 1. The standard InChI is InChI=1S/C10H9BrN4O/c11-6-2-1-3-7(4-6)13-10(16)8-5-9(12)15-14-8/h1-5H,(H,13,16)(H3,12,14,15). The van der Waals surface area contributed by atoms with Gasteiger partial charge in [0.05, 0.1) is 0 Å². The van der Waals surface area contributed by atoms with Gasteiger partial charge in [0.1, 0.15) is 11.5 Å². The fraction of sp³-hybridized carbons (Fsp3) is 0. The van der Waals surface area contributed by atoms with Crippen molar-refractivity contribution in [1.82, 2.24) is 10.2 Å². The summed E-state index contributed by atoms with van der Waals surface area (Å²) in [6, 6.07) is 8.79. The lowest BCUT2D eigenvalue weighted by Crippen LogP contribution is -2.12. The number of aromatic nitrogens is 2. The molecule has 1 heterocycles. The predicted octanol–water partition coefficient (Wildman–Crippen LogP) is 2.01. The minimum atomic E-state index is -0.276. The van der Waals surface area contributed by atoms with Gasteiger partial charge in [-0.25, -0.2) is 0 Å². The molecule has 0 saturated carbocycles. The molecule has 1 aromatic heterocycles. The highest BCUT2D eigenvalue weighted by Crippen LogP contribution is 2.16. The van der Waals surface area contributed by atoms with Gasteiger partial charge in [-0.05, 0) is 18.2 Å². The van der Waals surface area contributed by atoms with Crippen molar-refractivity contribution in [3.8, 4) is 0 Å². The number of amides is 1. The molecule has 0 bridgehead atoms. The van der Waals surface area contributed by atoms with Crippen LogP contribution < -0.4 is 11.1 Å². The Morgan fingerprint density at radius 2 is 2.25 bits per heavy atom. The monoisotopic (exact) mass is 280 g/mol. The number of H-pyrrole nitrogens is 1. The number of aromatic amines is 1. The number of halogens is 1. The molecule has 0 atom stereocenters. The van der Waals surface area contributed by atoms with E-state index >= 15 is 0 Å². The molecule has 5 nitrogen and oxygen atoms in total. The summed E-state index contributed by atoms with van der Waals surface area (Å²) in [6.07, 6.45) is 0. The number of nitrogens with zero attached hydrogens (tertiary/aromatic N) is 1. The van der Waals surface area contributed by atoms with E-state index < -0.39 is 0 Å². The van der Waals surface area contributed by atoms with Crippen molar-refractivity contribution < 1.29 is 4.79 Å². The lowest BCUT2D eigenvalue weighted by molar-refractivity contribution is 0.102. The van der Waals surface area contributed by atoms with Gasteiger partial charge in [-0.2, -0.15) is 5.10 Å². The van der Waals surface area contributed by atoms with Gasteiger partial charge in [-0.15, -0.1) is 0 Å². The molecular weight excluding hydrogens is 272 g/mol. The van der Waals surface area contributed by atoms with Gasteiger partial charge in [0.2, 0.25) is 0 Å². The maximum absolute atomic E-state index is 11.7. The van der Waals surface area contributed by atoms with Crippen molar-refractivity contribution in [1.29, 1.82) is 0 Å². The van der Waals surface area contributed by atoms with E-state index in [-0.39, 0.29) is 5.91 Å². The van der Waals surface area contributed by atoms with Gasteiger partial charge in [-0.1, -0.05) is 22.0 Å². The molecule has 1 amide bonds. The smallest absolute Gasteiger partial charge is 0.273 e. The summed E-state index contributed by atoms with van der Waals surface area (Å²) in [7, 11) is 0. The molecule has 0 radical (unpaired) electrons. The lowest BCUT2D eigenvalue weighted by atomic mass is 10.3. The first-order valence-electron chi connectivity index (χ1n) is 4.53. The van der Waals surface area contributed by atoms with E-state index in [0.29, 0.717) is 17.2 Å². The third-order valence-corrected chi connectivity index (χ3v) is 2.42. The quantitative estimate of drug-likeness (QED) is 0.787. The molecule has 1 aromatic carbocycles. The minimum Gasteiger partial charge on any atom is -0.382 e. The number of rotatable bonds is 2. The fourth-order valence-electron chi connectivity index (χ4n) is 1.22. The van der Waals surface area contributed by atoms with Gasteiger partial charge in [0.25, 0.3) is 5.91 Å². The zero-order valence-electron chi connectivity index (χ0n) is 8.20. The van der Waals surface area contributed by atoms with Crippen molar-refractivity contribution in [3.63, 3.8) is 0 Å². The molecule has 0 aliphatic heterocycles. The SMILES string of the molecule is Nc1cc(C(=O)Nc2cccc(Br)c2)[nH]n1. The van der Waals surface area contributed by atoms with Crippen LogP contribution in [0.3, 0.4) is 0 Å². The molecule has 2 rings (SSSR count). The number of hydrogen-bond acceptors (Lipinski definition) is 3. The molecule has 0 spiro atoms. The van der Waals surface area contributed by atoms with Crippen LogP contribution >= 0.6 is 15.9 Å². The Hall–Kier alpha value is -1.82. The van der Waals surface area contributed by atoms with E-state index in [4.69, 9.17) is 5.73 Å². The Bertz CT molecular complexity index is 523. The van der Waals surface area contributed by atoms with Crippen molar-refractivity contribution in [2.24, 2.45) is 0 Å². The lowest BCUT2D eigenvalue weighted by Gasteiger charge is -2.03. The summed E-state index contributed by atoms with van der Waals surface area (Å²) in [5.41, 5.74) is 6.44. The highest BCUT2D eigenvalue weighted by molar-refractivity contribution is 9.10. The van der Waals surface area contributed by atoms with Crippen LogP contribution in [0.25, 0.3) is 0 Å². The number of benzene rings is 1. The first-order chi connectivity index (χ1) is 7.65. The van der Waals surface area contributed by atoms with E-state index in [2.05, 4.69) is 31.4 Å². The topological polar surface area (TPSA) is 83.8 Å². The molecule has 0 aliphatic carbocycles. The van der Waals surface area contributed by atoms with Gasteiger partial charge >= 0.3 is 0 Å². The number of anilines is 2. The number of nitrogens with one attached hydrogen (secondary N) is 2. The summed E-state index contributed by atoms with van der Waals surface area (Å²) in [5.74, 6) is 0.0155. The molecular formula is C10H9BrN4O. The molecule has 2 aromatic rings. The third-order valence-electron chi connectivity index (χ3n) is 1.92. The van der Waals surface area contributed by atoms with Crippen LogP contribution in [0.4, 0.5) is 11.5 Å². The molecule has 16 heavy (non-hydrogen) atoms. The maximum Gasteiger partial charge on any atom is 0.273 e. The van der Waals surface area contributed by atoms with Gasteiger partial charge in [0, 0.05) is 16.2 Å². The molecule has 82 valence electrons. The van der Waals surface area contributed by atoms with E-state index in [0.717, 1.165) is 4.47 Å². The number of nitrogens with two attached hydrogens (primary N) is 1. The fourth-order valence-corrected chi connectivity index (χ4v) is 1.62. The molecule has 0 saturated heterocycles. The van der Waals surface area contributed by atoms with Crippen LogP contribution in [0.1, 0.15) is 10.5 Å². The summed E-state index contributed by atoms with van der Waals surface area (Å²) in [4.78, 5) is 11.7. The summed E-state index contributed by atoms with van der Waals surface area (Å²) >= 11 is 3.32. The van der Waals surface area contributed by atoms with Crippen LogP contribution in [0.2, 0.25) is 0 Å². The van der Waals surface area contributed by atoms with Crippen LogP contribution in [-0.4, -0.2) is 16.1 Å². The van der Waals surface area contributed by atoms with Crippen molar-refractivity contribution in [3.05, 3.63) is 40.5 Å². The largest absolute Gasteiger partial charge is 0.382 e. The minimum absolute atomic E-state index is 0.276. The van der Waals surface area contributed by atoms with Crippen LogP contribution in [-0.2, 0) is 0 Å². The third kappa shape index (κ3) is 2.40. The average molecular weight is 281 g/mol. The Balaban J connectivity index is 2.13. The Morgan fingerprint density at radius 1 is 1.44 bits per heavy atom. The van der Waals surface area contributed by atoms with Crippen LogP contribution in [0.15, 0.2) is 34.8 Å². The average Bonchev–Trinajstić information content (AvgIpc) is 2.65. The van der Waals surface area contributed by atoms with Gasteiger partial charge < -0.3 is 11.1 Å². The molecule has 0 fully saturated rings. The van der Waals surface area contributed by atoms with Crippen molar-refractivity contribution in [2.45, 2.75) is 0 Å². The molecule has 6 heteroatoms. The Kier molecular flexibility index (Phi) is 2.91. The summed E-state index contributed by atoms with van der Waals surface area (Å²) < 4.78 is 0.898. The first kappa shape index (κ1) is 10.7. The van der Waals surface area contributed by atoms with Crippen molar-refractivity contribution in [2.75, 3.05) is 11.1 Å². The molecule has 4 N–H and O–H groups in total. The van der Waals surface area contributed by atoms with Gasteiger partial charge in [0.15, 0.2) is 0 Å². The number of hydrogen-bond donors (Lipinski definition) is 3. The second-order valence-electron chi connectivity index (χ2n) is 3.17. The van der Waals surface area contributed by atoms with E-state index in [9.17, 15) is 4.79 Å². The first-order valence-corrected chi connectivity index (χ1v) is 5.32.